The summed E-state index contributed by atoms with van der Waals surface area (Å²) < 4.78 is 0. The van der Waals surface area contributed by atoms with Gasteiger partial charge in [-0.25, -0.2) is 0 Å². The molecule has 1 aromatic rings. The fourth-order valence-electron chi connectivity index (χ4n) is 2.85. The number of aryl methyl sites for hydroxylation is 1. The van der Waals surface area contributed by atoms with Gasteiger partial charge in [0.1, 0.15) is 0 Å². The van der Waals surface area contributed by atoms with Crippen molar-refractivity contribution in [3.05, 3.63) is 29.8 Å². The molecule has 1 saturated heterocycles. The van der Waals surface area contributed by atoms with Crippen molar-refractivity contribution < 1.29 is 9.90 Å². The molecule has 102 valence electrons. The third kappa shape index (κ3) is 2.80. The van der Waals surface area contributed by atoms with Crippen molar-refractivity contribution >= 4 is 11.6 Å². The summed E-state index contributed by atoms with van der Waals surface area (Å²) in [6.07, 6.45) is 2.28. The van der Waals surface area contributed by atoms with Crippen molar-refractivity contribution in [3.63, 3.8) is 0 Å². The predicted octanol–water partition coefficient (Wildman–Crippen LogP) is 1.39. The number of carbonyl (C=O) groups is 1. The molecular formula is C15H20N2O2. The van der Waals surface area contributed by atoms with Gasteiger partial charge < -0.3 is 10.4 Å². The number of anilines is 1. The minimum Gasteiger partial charge on any atom is -0.387 e. The molecule has 2 aliphatic rings. The van der Waals surface area contributed by atoms with Crippen molar-refractivity contribution in [1.29, 1.82) is 0 Å². The largest absolute Gasteiger partial charge is 0.387 e. The number of rotatable bonds is 4. The van der Waals surface area contributed by atoms with E-state index < -0.39 is 5.60 Å². The van der Waals surface area contributed by atoms with E-state index in [1.807, 2.05) is 36.1 Å². The average molecular weight is 260 g/mol. The van der Waals surface area contributed by atoms with Crippen molar-refractivity contribution in [1.82, 2.24) is 4.90 Å². The maximum Gasteiger partial charge on any atom is 0.238 e. The first-order valence-electron chi connectivity index (χ1n) is 6.86. The van der Waals surface area contributed by atoms with Crippen molar-refractivity contribution in [2.45, 2.75) is 25.4 Å². The molecule has 2 N–H and O–H groups in total. The lowest BCUT2D eigenvalue weighted by Crippen LogP contribution is -2.64. The minimum absolute atomic E-state index is 0.0107. The molecule has 0 spiro atoms. The number of aliphatic hydroxyl groups is 1. The third-order valence-electron chi connectivity index (χ3n) is 4.00. The zero-order valence-electron chi connectivity index (χ0n) is 11.2. The van der Waals surface area contributed by atoms with Crippen LogP contribution in [-0.2, 0) is 4.79 Å². The molecule has 1 aromatic carbocycles. The maximum absolute atomic E-state index is 11.9. The van der Waals surface area contributed by atoms with Crippen LogP contribution in [0.4, 0.5) is 5.69 Å². The number of amides is 1. The van der Waals surface area contributed by atoms with Gasteiger partial charge in [-0.15, -0.1) is 0 Å². The molecule has 19 heavy (non-hydrogen) atoms. The molecule has 1 heterocycles. The topological polar surface area (TPSA) is 52.6 Å². The summed E-state index contributed by atoms with van der Waals surface area (Å²) in [7, 11) is 0. The van der Waals surface area contributed by atoms with E-state index in [1.165, 1.54) is 0 Å². The highest BCUT2D eigenvalue weighted by Gasteiger charge is 2.51. The van der Waals surface area contributed by atoms with E-state index >= 15 is 0 Å². The van der Waals surface area contributed by atoms with Gasteiger partial charge in [0.15, 0.2) is 0 Å². The molecule has 1 aliphatic carbocycles. The molecule has 0 unspecified atom stereocenters. The second-order valence-corrected chi connectivity index (χ2v) is 5.94. The highest BCUT2D eigenvalue weighted by Crippen LogP contribution is 2.44. The summed E-state index contributed by atoms with van der Waals surface area (Å²) in [5.74, 6) is 0.465. The van der Waals surface area contributed by atoms with E-state index in [0.717, 1.165) is 24.1 Å². The number of benzene rings is 1. The summed E-state index contributed by atoms with van der Waals surface area (Å²) >= 11 is 0. The second-order valence-electron chi connectivity index (χ2n) is 5.94. The Hall–Kier alpha value is -1.39. The zero-order chi connectivity index (χ0) is 13.5. The van der Waals surface area contributed by atoms with E-state index in [1.54, 1.807) is 0 Å². The van der Waals surface area contributed by atoms with Crippen molar-refractivity contribution in [3.8, 4) is 0 Å². The number of hydrogen-bond donors (Lipinski definition) is 2. The van der Waals surface area contributed by atoms with Crippen LogP contribution in [0.25, 0.3) is 0 Å². The van der Waals surface area contributed by atoms with Gasteiger partial charge in [0, 0.05) is 18.8 Å². The molecular weight excluding hydrogens is 240 g/mol. The van der Waals surface area contributed by atoms with Crippen LogP contribution in [0.3, 0.4) is 0 Å². The quantitative estimate of drug-likeness (QED) is 0.860. The van der Waals surface area contributed by atoms with Crippen molar-refractivity contribution in [2.75, 3.05) is 25.0 Å². The van der Waals surface area contributed by atoms with Gasteiger partial charge in [0.05, 0.1) is 12.1 Å². The Morgan fingerprint density at radius 2 is 2.21 bits per heavy atom. The Bertz CT molecular complexity index is 491. The van der Waals surface area contributed by atoms with E-state index in [-0.39, 0.29) is 5.91 Å². The van der Waals surface area contributed by atoms with Gasteiger partial charge in [0.25, 0.3) is 0 Å². The van der Waals surface area contributed by atoms with Gasteiger partial charge in [-0.2, -0.15) is 0 Å². The molecule has 3 rings (SSSR count). The Morgan fingerprint density at radius 1 is 1.47 bits per heavy atom. The molecule has 4 heteroatoms. The van der Waals surface area contributed by atoms with Crippen LogP contribution < -0.4 is 5.32 Å². The highest BCUT2D eigenvalue weighted by atomic mass is 16.3. The Morgan fingerprint density at radius 3 is 2.84 bits per heavy atom. The first-order valence-corrected chi connectivity index (χ1v) is 6.86. The first kappa shape index (κ1) is 12.6. The van der Waals surface area contributed by atoms with Crippen LogP contribution in [0.15, 0.2) is 24.3 Å². The van der Waals surface area contributed by atoms with Crippen LogP contribution in [0.2, 0.25) is 0 Å². The fourth-order valence-corrected chi connectivity index (χ4v) is 2.85. The van der Waals surface area contributed by atoms with Gasteiger partial charge in [-0.05, 0) is 43.4 Å². The van der Waals surface area contributed by atoms with Gasteiger partial charge in [-0.3, -0.25) is 9.69 Å². The first-order chi connectivity index (χ1) is 9.05. The molecule has 0 radical (unpaired) electrons. The normalized spacial score (nSPS) is 21.8. The number of β-amino-alcohol motifs (C(OH)–C–C–N with tert-alkyl or cyclic N) is 1. The number of nitrogens with zero attached hydrogens (tertiary/aromatic N) is 1. The fraction of sp³-hybridized carbons (Fsp3) is 0.533. The summed E-state index contributed by atoms with van der Waals surface area (Å²) in [4.78, 5) is 13.9. The van der Waals surface area contributed by atoms with Gasteiger partial charge in [0.2, 0.25) is 5.91 Å². The molecule has 0 bridgehead atoms. The lowest BCUT2D eigenvalue weighted by molar-refractivity contribution is -0.132. The van der Waals surface area contributed by atoms with Crippen LogP contribution in [0.1, 0.15) is 18.4 Å². The van der Waals surface area contributed by atoms with Crippen LogP contribution in [0.5, 0.6) is 0 Å². The molecule has 4 nitrogen and oxygen atoms in total. The maximum atomic E-state index is 11.9. The van der Waals surface area contributed by atoms with E-state index in [0.29, 0.717) is 25.6 Å². The Kier molecular flexibility index (Phi) is 3.07. The Balaban J connectivity index is 1.47. The van der Waals surface area contributed by atoms with Crippen molar-refractivity contribution in [2.24, 2.45) is 5.92 Å². The number of nitrogens with one attached hydrogen (secondary N) is 1. The summed E-state index contributed by atoms with van der Waals surface area (Å²) in [5, 5.41) is 13.1. The monoisotopic (exact) mass is 260 g/mol. The lowest BCUT2D eigenvalue weighted by Gasteiger charge is -2.46. The van der Waals surface area contributed by atoms with E-state index in [9.17, 15) is 9.90 Å². The molecule has 1 amide bonds. The molecule has 1 saturated carbocycles. The summed E-state index contributed by atoms with van der Waals surface area (Å²) in [5.41, 5.74) is 1.46. The standard InChI is InChI=1S/C15H20N2O2/c1-11-3-2-4-13(7-11)16-14(18)8-17-9-15(19,10-17)12-5-6-12/h2-4,7,12,19H,5-6,8-10H2,1H3,(H,16,18). The Labute approximate surface area is 113 Å². The van der Waals surface area contributed by atoms with Gasteiger partial charge in [-0.1, -0.05) is 12.1 Å². The summed E-state index contributed by atoms with van der Waals surface area (Å²) in [6, 6.07) is 7.78. The minimum atomic E-state index is -0.510. The predicted molar refractivity (Wildman–Crippen MR) is 73.9 cm³/mol. The highest BCUT2D eigenvalue weighted by molar-refractivity contribution is 5.92. The average Bonchev–Trinajstić information content (AvgIpc) is 3.10. The van der Waals surface area contributed by atoms with E-state index in [2.05, 4.69) is 5.32 Å². The zero-order valence-corrected chi connectivity index (χ0v) is 11.2. The van der Waals surface area contributed by atoms with Crippen LogP contribution >= 0.6 is 0 Å². The molecule has 2 fully saturated rings. The second kappa shape index (κ2) is 4.62. The van der Waals surface area contributed by atoms with Crippen LogP contribution in [-0.4, -0.2) is 41.1 Å². The van der Waals surface area contributed by atoms with Crippen LogP contribution in [0, 0.1) is 12.8 Å². The van der Waals surface area contributed by atoms with Gasteiger partial charge >= 0.3 is 0 Å². The smallest absolute Gasteiger partial charge is 0.238 e. The molecule has 1 aliphatic heterocycles. The molecule has 0 atom stereocenters. The number of carbonyl (C=O) groups excluding carboxylic acids is 1. The lowest BCUT2D eigenvalue weighted by atomic mass is 9.89. The molecule has 0 aromatic heterocycles. The summed E-state index contributed by atoms with van der Waals surface area (Å²) in [6.45, 7) is 3.64. The number of likely N-dealkylation sites (tertiary alicyclic amines) is 1. The number of hydrogen-bond acceptors (Lipinski definition) is 3. The SMILES string of the molecule is Cc1cccc(NC(=O)CN2CC(O)(C3CC3)C2)c1. The van der Waals surface area contributed by atoms with E-state index in [4.69, 9.17) is 0 Å². The third-order valence-corrected chi connectivity index (χ3v) is 4.00.